The summed E-state index contributed by atoms with van der Waals surface area (Å²) in [4.78, 5) is 10.6. The molecule has 10 aromatic rings. The lowest BCUT2D eigenvalue weighted by Crippen LogP contribution is -2.10. The van der Waals surface area contributed by atoms with E-state index in [1.165, 1.54) is 12.1 Å². The molecule has 0 bridgehead atoms. The standard InChI is InChI=1S/C67H63N3O/c1-42(2)50-37-57(44(5)6)65(71)60(38-50)66-69-64-55(26-19-27-62(64)70(66)63-41-58(47-22-15-11-16-23-47)56(43(3)4)40-59(63)48-24-17-12-18-25-48)52-34-51(45-20-13-10-14-21-45)35-53(36-52)61-39-49(32-33-68-61)46-28-30-54(31-29-46)67(7,8)9/h10-44,71H,1-9H3/i7D3,8D3,9D3,43D. The zero-order chi connectivity index (χ0) is 58.0. The van der Waals surface area contributed by atoms with Gasteiger partial charge in [-0.25, -0.2) is 4.98 Å². The number of para-hydroxylation sites is 1. The second kappa shape index (κ2) is 19.2. The Morgan fingerprint density at radius 3 is 1.75 bits per heavy atom. The van der Waals surface area contributed by atoms with Crippen LogP contribution in [0.3, 0.4) is 0 Å². The lowest BCUT2D eigenvalue weighted by molar-refractivity contribution is 0.466. The Bertz CT molecular complexity index is 3900. The number of rotatable bonds is 11. The molecule has 4 heteroatoms. The average molecular weight is 936 g/mol. The van der Waals surface area contributed by atoms with Gasteiger partial charge in [-0.15, -0.1) is 0 Å². The fraction of sp³-hybridized carbons (Fsp3) is 0.194. The molecule has 0 amide bonds. The molecule has 0 saturated carbocycles. The molecule has 2 heterocycles. The molecule has 0 fully saturated rings. The quantitative estimate of drug-likeness (QED) is 0.141. The van der Waals surface area contributed by atoms with Crippen LogP contribution in [0.25, 0.3) is 95.0 Å². The first kappa shape index (κ1) is 36.2. The molecular weight excluding hydrogens is 863 g/mol. The van der Waals surface area contributed by atoms with Crippen molar-refractivity contribution in [2.45, 2.75) is 85.2 Å². The topological polar surface area (TPSA) is 50.9 Å². The highest BCUT2D eigenvalue weighted by Gasteiger charge is 2.27. The summed E-state index contributed by atoms with van der Waals surface area (Å²) in [6, 6.07) is 60.7. The van der Waals surface area contributed by atoms with E-state index in [1.807, 2.05) is 92.7 Å². The van der Waals surface area contributed by atoms with Crippen LogP contribution in [0.1, 0.15) is 116 Å². The second-order valence-corrected chi connectivity index (χ2v) is 19.3. The van der Waals surface area contributed by atoms with E-state index in [1.54, 1.807) is 24.4 Å². The second-order valence-electron chi connectivity index (χ2n) is 19.3. The van der Waals surface area contributed by atoms with E-state index < -0.39 is 31.9 Å². The molecule has 2 aromatic heterocycles. The van der Waals surface area contributed by atoms with Crippen molar-refractivity contribution in [1.82, 2.24) is 14.5 Å². The monoisotopic (exact) mass is 936 g/mol. The number of nitrogens with zero attached hydrogens (tertiary/aromatic N) is 3. The smallest absolute Gasteiger partial charge is 0.149 e. The summed E-state index contributed by atoms with van der Waals surface area (Å²) in [6.07, 6.45) is 1.67. The van der Waals surface area contributed by atoms with Crippen molar-refractivity contribution in [2.75, 3.05) is 0 Å². The summed E-state index contributed by atoms with van der Waals surface area (Å²) >= 11 is 0. The van der Waals surface area contributed by atoms with Crippen molar-refractivity contribution < 1.29 is 18.8 Å². The highest BCUT2D eigenvalue weighted by atomic mass is 16.3. The number of benzene rings is 8. The van der Waals surface area contributed by atoms with Gasteiger partial charge in [-0.05, 0) is 145 Å². The summed E-state index contributed by atoms with van der Waals surface area (Å²) in [5, 5.41) is 12.6. The molecule has 0 spiro atoms. The van der Waals surface area contributed by atoms with Crippen LogP contribution in [0.15, 0.2) is 194 Å². The molecular formula is C67H63N3O. The zero-order valence-electron chi connectivity index (χ0n) is 50.9. The molecule has 0 radical (unpaired) electrons. The molecule has 1 N–H and O–H groups in total. The lowest BCUT2D eigenvalue weighted by Gasteiger charge is -2.22. The molecule has 0 aliphatic rings. The molecule has 0 aliphatic heterocycles. The Morgan fingerprint density at radius 1 is 0.493 bits per heavy atom. The maximum Gasteiger partial charge on any atom is 0.149 e. The van der Waals surface area contributed by atoms with Crippen molar-refractivity contribution in [3.8, 4) is 89.7 Å². The fourth-order valence-corrected chi connectivity index (χ4v) is 9.68. The van der Waals surface area contributed by atoms with Crippen LogP contribution in [0.4, 0.5) is 0 Å². The van der Waals surface area contributed by atoms with Gasteiger partial charge in [-0.3, -0.25) is 9.55 Å². The SMILES string of the molecule is [2H]C(C)(C)c1cc(-c2ccccc2)c(-n2c(-c3cc(C(C)C)cc(C(C)C)c3O)nc3c(-c4cc(-c5ccccc5)cc(-c5cc(-c6ccc(C(C([2H])([2H])[2H])(C([2H])([2H])[2H])C([2H])([2H])[2H])cc6)ccn5)c4)cccc32)cc1-c1ccccc1. The molecule has 0 unspecified atom stereocenters. The predicted octanol–water partition coefficient (Wildman–Crippen LogP) is 18.5. The number of aromatic nitrogens is 3. The Balaban J connectivity index is 1.23. The van der Waals surface area contributed by atoms with Crippen LogP contribution >= 0.6 is 0 Å². The van der Waals surface area contributed by atoms with Crippen molar-refractivity contribution in [3.05, 3.63) is 217 Å². The molecule has 8 aromatic carbocycles. The van der Waals surface area contributed by atoms with Crippen molar-refractivity contribution in [1.29, 1.82) is 0 Å². The van der Waals surface area contributed by atoms with Gasteiger partial charge in [0, 0.05) is 36.6 Å². The van der Waals surface area contributed by atoms with Crippen molar-refractivity contribution >= 4 is 11.0 Å². The normalized spacial score (nSPS) is 14.6. The highest BCUT2D eigenvalue weighted by Crippen LogP contribution is 2.46. The van der Waals surface area contributed by atoms with E-state index in [0.717, 1.165) is 78.0 Å². The zero-order valence-corrected chi connectivity index (χ0v) is 40.9. The summed E-state index contributed by atoms with van der Waals surface area (Å²) in [5.41, 5.74) is 12.0. The van der Waals surface area contributed by atoms with Crippen LogP contribution in [0, 0.1) is 0 Å². The minimum Gasteiger partial charge on any atom is -0.507 e. The largest absolute Gasteiger partial charge is 0.507 e. The van der Waals surface area contributed by atoms with E-state index >= 15 is 0 Å². The first-order valence-electron chi connectivity index (χ1n) is 29.2. The number of phenols is 1. The number of hydrogen-bond acceptors (Lipinski definition) is 3. The van der Waals surface area contributed by atoms with Gasteiger partial charge in [-0.1, -0.05) is 196 Å². The van der Waals surface area contributed by atoms with Gasteiger partial charge in [0.1, 0.15) is 11.6 Å². The van der Waals surface area contributed by atoms with Crippen LogP contribution < -0.4 is 0 Å². The van der Waals surface area contributed by atoms with Crippen LogP contribution in [-0.2, 0) is 5.41 Å². The molecule has 10 rings (SSSR count). The number of pyridine rings is 1. The van der Waals surface area contributed by atoms with E-state index in [2.05, 4.69) is 111 Å². The van der Waals surface area contributed by atoms with Gasteiger partial charge >= 0.3 is 0 Å². The van der Waals surface area contributed by atoms with Crippen LogP contribution in [-0.4, -0.2) is 19.6 Å². The Kier molecular flexibility index (Phi) is 9.77. The predicted molar refractivity (Wildman–Crippen MR) is 300 cm³/mol. The van der Waals surface area contributed by atoms with Gasteiger partial charge in [-0.2, -0.15) is 0 Å². The van der Waals surface area contributed by atoms with E-state index in [9.17, 15) is 6.48 Å². The summed E-state index contributed by atoms with van der Waals surface area (Å²) in [5.74, 6) is -0.169. The summed E-state index contributed by atoms with van der Waals surface area (Å²) in [6.45, 7) is 2.14. The van der Waals surface area contributed by atoms with E-state index in [0.29, 0.717) is 33.7 Å². The average Bonchev–Trinajstić information content (AvgIpc) is 2.68. The minimum absolute atomic E-state index is 0.00617. The lowest BCUT2D eigenvalue weighted by atomic mass is 9.86. The molecule has 0 saturated heterocycles. The van der Waals surface area contributed by atoms with Crippen LogP contribution in [0.5, 0.6) is 5.75 Å². The number of hydrogen-bond donors (Lipinski definition) is 1. The van der Waals surface area contributed by atoms with E-state index in [-0.39, 0.29) is 23.1 Å². The Morgan fingerprint density at radius 2 is 1.11 bits per heavy atom. The molecule has 4 nitrogen and oxygen atoms in total. The molecule has 0 aliphatic carbocycles. The summed E-state index contributed by atoms with van der Waals surface area (Å²) in [7, 11) is 0. The first-order chi connectivity index (χ1) is 38.3. The summed E-state index contributed by atoms with van der Waals surface area (Å²) < 4.78 is 86.1. The third-order valence-electron chi connectivity index (χ3n) is 13.5. The van der Waals surface area contributed by atoms with Crippen LogP contribution in [0.2, 0.25) is 0 Å². The number of imidazole rings is 1. The molecule has 352 valence electrons. The number of fused-ring (bicyclic) bond motifs is 1. The third-order valence-corrected chi connectivity index (χ3v) is 13.5. The van der Waals surface area contributed by atoms with Gasteiger partial charge in [0.25, 0.3) is 0 Å². The van der Waals surface area contributed by atoms with E-state index in [4.69, 9.17) is 22.3 Å². The maximum absolute atomic E-state index is 12.6. The van der Waals surface area contributed by atoms with Gasteiger partial charge in [0.15, 0.2) is 0 Å². The van der Waals surface area contributed by atoms with Gasteiger partial charge in [0.2, 0.25) is 0 Å². The molecule has 71 heavy (non-hydrogen) atoms. The Labute approximate surface area is 434 Å². The highest BCUT2D eigenvalue weighted by molar-refractivity contribution is 5.99. The van der Waals surface area contributed by atoms with Crippen molar-refractivity contribution in [2.24, 2.45) is 0 Å². The third kappa shape index (κ3) is 9.23. The fourth-order valence-electron chi connectivity index (χ4n) is 9.68. The molecule has 0 atom stereocenters. The minimum atomic E-state index is -3.39. The van der Waals surface area contributed by atoms with Crippen molar-refractivity contribution in [3.63, 3.8) is 0 Å². The van der Waals surface area contributed by atoms with Gasteiger partial charge < -0.3 is 5.11 Å². The first-order valence-corrected chi connectivity index (χ1v) is 24.2. The Hall–Kier alpha value is -7.82. The maximum atomic E-state index is 12.6. The number of aromatic hydroxyl groups is 1. The number of phenolic OH excluding ortho intramolecular Hbond substituents is 1. The van der Waals surface area contributed by atoms with Gasteiger partial charge in [0.05, 0.1) is 28.0 Å².